The highest BCUT2D eigenvalue weighted by molar-refractivity contribution is 5.38. The molecule has 1 N–H and O–H groups in total. The Morgan fingerprint density at radius 1 is 0.947 bits per heavy atom. The third-order valence-corrected chi connectivity index (χ3v) is 2.55. The van der Waals surface area contributed by atoms with Gasteiger partial charge in [-0.15, -0.1) is 0 Å². The highest BCUT2D eigenvalue weighted by Crippen LogP contribution is 2.32. The van der Waals surface area contributed by atoms with Gasteiger partial charge in [0.25, 0.3) is 0 Å². The molecule has 0 unspecified atom stereocenters. The molecule has 5 heteroatoms. The Morgan fingerprint density at radius 3 is 2.16 bits per heavy atom. The molecule has 2 nitrogen and oxygen atoms in total. The van der Waals surface area contributed by atoms with Crippen LogP contribution in [0.1, 0.15) is 11.1 Å². The summed E-state index contributed by atoms with van der Waals surface area (Å²) in [5.41, 5.74) is -0.155. The Balaban J connectivity index is 2.20. The second-order valence-electron chi connectivity index (χ2n) is 3.89. The quantitative estimate of drug-likeness (QED) is 0.912. The van der Waals surface area contributed by atoms with Crippen LogP contribution >= 0.6 is 0 Å². The van der Waals surface area contributed by atoms with Gasteiger partial charge in [-0.3, -0.25) is 0 Å². The van der Waals surface area contributed by atoms with Gasteiger partial charge in [0.05, 0.1) is 12.2 Å². The average molecular weight is 268 g/mol. The van der Waals surface area contributed by atoms with Crippen LogP contribution in [0.2, 0.25) is 0 Å². The molecule has 0 saturated carbocycles. The molecule has 0 spiro atoms. The number of hydrogen-bond acceptors (Lipinski definition) is 2. The molecule has 0 aliphatic rings. The van der Waals surface area contributed by atoms with Crippen molar-refractivity contribution in [1.82, 2.24) is 0 Å². The maximum Gasteiger partial charge on any atom is 0.416 e. The van der Waals surface area contributed by atoms with E-state index in [0.29, 0.717) is 11.3 Å². The number of benzene rings is 2. The Bertz CT molecular complexity index is 547. The lowest BCUT2D eigenvalue weighted by Gasteiger charge is -2.11. The second-order valence-corrected chi connectivity index (χ2v) is 3.89. The van der Waals surface area contributed by atoms with Crippen LogP contribution < -0.4 is 4.74 Å². The number of para-hydroxylation sites is 1. The minimum absolute atomic E-state index is 0.198. The number of halogens is 3. The van der Waals surface area contributed by atoms with E-state index in [1.54, 1.807) is 24.3 Å². The first-order chi connectivity index (χ1) is 9.00. The molecule has 0 aromatic heterocycles. The van der Waals surface area contributed by atoms with E-state index in [2.05, 4.69) is 0 Å². The van der Waals surface area contributed by atoms with Gasteiger partial charge in [0.1, 0.15) is 11.5 Å². The summed E-state index contributed by atoms with van der Waals surface area (Å²) < 4.78 is 42.6. The molecule has 0 bridgehead atoms. The first kappa shape index (κ1) is 13.4. The molecule has 0 amide bonds. The molecule has 100 valence electrons. The zero-order valence-electron chi connectivity index (χ0n) is 9.82. The van der Waals surface area contributed by atoms with Crippen LogP contribution in [0.4, 0.5) is 13.2 Å². The number of aliphatic hydroxyl groups excluding tert-OH is 1. The van der Waals surface area contributed by atoms with Crippen LogP contribution in [0.5, 0.6) is 11.5 Å². The van der Waals surface area contributed by atoms with Crippen LogP contribution in [0.15, 0.2) is 48.5 Å². The van der Waals surface area contributed by atoms with Gasteiger partial charge < -0.3 is 9.84 Å². The monoisotopic (exact) mass is 268 g/mol. The SMILES string of the molecule is OCc1ccccc1Oc1ccc(C(F)(F)F)cc1. The van der Waals surface area contributed by atoms with Crippen LogP contribution in [0.25, 0.3) is 0 Å². The number of rotatable bonds is 3. The summed E-state index contributed by atoms with van der Waals surface area (Å²) >= 11 is 0. The lowest BCUT2D eigenvalue weighted by Crippen LogP contribution is -2.04. The largest absolute Gasteiger partial charge is 0.457 e. The number of ether oxygens (including phenoxy) is 1. The Morgan fingerprint density at radius 2 is 1.58 bits per heavy atom. The van der Waals surface area contributed by atoms with Crippen molar-refractivity contribution < 1.29 is 23.0 Å². The lowest BCUT2D eigenvalue weighted by molar-refractivity contribution is -0.137. The highest BCUT2D eigenvalue weighted by Gasteiger charge is 2.30. The summed E-state index contributed by atoms with van der Waals surface area (Å²) in [7, 11) is 0. The summed E-state index contributed by atoms with van der Waals surface area (Å²) in [4.78, 5) is 0. The van der Waals surface area contributed by atoms with Crippen molar-refractivity contribution in [2.75, 3.05) is 0 Å². The normalized spacial score (nSPS) is 11.4. The molecule has 0 aliphatic carbocycles. The van der Waals surface area contributed by atoms with Crippen molar-refractivity contribution in [2.24, 2.45) is 0 Å². The molecule has 2 aromatic rings. The van der Waals surface area contributed by atoms with Crippen molar-refractivity contribution in [1.29, 1.82) is 0 Å². The fourth-order valence-electron chi connectivity index (χ4n) is 1.57. The minimum Gasteiger partial charge on any atom is -0.457 e. The third-order valence-electron chi connectivity index (χ3n) is 2.55. The van der Waals surface area contributed by atoms with E-state index in [1.165, 1.54) is 12.1 Å². The minimum atomic E-state index is -4.36. The van der Waals surface area contributed by atoms with E-state index in [-0.39, 0.29) is 12.4 Å². The van der Waals surface area contributed by atoms with Crippen molar-refractivity contribution >= 4 is 0 Å². The average Bonchev–Trinajstić information content (AvgIpc) is 2.39. The fourth-order valence-corrected chi connectivity index (χ4v) is 1.57. The second kappa shape index (κ2) is 5.32. The molecule has 2 rings (SSSR count). The molecular formula is C14H11F3O2. The molecule has 0 radical (unpaired) electrons. The summed E-state index contributed by atoms with van der Waals surface area (Å²) in [6.45, 7) is -0.198. The van der Waals surface area contributed by atoms with Crippen LogP contribution in [0.3, 0.4) is 0 Å². The molecule has 0 atom stereocenters. The predicted molar refractivity (Wildman–Crippen MR) is 63.9 cm³/mol. The van der Waals surface area contributed by atoms with E-state index in [0.717, 1.165) is 12.1 Å². The summed E-state index contributed by atoms with van der Waals surface area (Å²) in [5, 5.41) is 9.12. The maximum absolute atomic E-state index is 12.4. The van der Waals surface area contributed by atoms with E-state index in [4.69, 9.17) is 9.84 Å². The Kier molecular flexibility index (Phi) is 3.76. The molecule has 19 heavy (non-hydrogen) atoms. The van der Waals surface area contributed by atoms with Gasteiger partial charge in [-0.25, -0.2) is 0 Å². The molecule has 0 heterocycles. The van der Waals surface area contributed by atoms with E-state index in [9.17, 15) is 13.2 Å². The summed E-state index contributed by atoms with van der Waals surface area (Å²) in [6.07, 6.45) is -4.36. The van der Waals surface area contributed by atoms with E-state index < -0.39 is 11.7 Å². The van der Waals surface area contributed by atoms with Gasteiger partial charge in [-0.1, -0.05) is 18.2 Å². The molecule has 0 saturated heterocycles. The predicted octanol–water partition coefficient (Wildman–Crippen LogP) is 3.99. The molecule has 2 aromatic carbocycles. The van der Waals surface area contributed by atoms with Gasteiger partial charge in [0.2, 0.25) is 0 Å². The van der Waals surface area contributed by atoms with Crippen molar-refractivity contribution in [2.45, 2.75) is 12.8 Å². The molecule has 0 aliphatic heterocycles. The number of hydrogen-bond donors (Lipinski definition) is 1. The van der Waals surface area contributed by atoms with Gasteiger partial charge in [0, 0.05) is 5.56 Å². The van der Waals surface area contributed by atoms with Crippen LogP contribution in [0, 0.1) is 0 Å². The lowest BCUT2D eigenvalue weighted by atomic mass is 10.2. The van der Waals surface area contributed by atoms with Gasteiger partial charge in [-0.05, 0) is 30.3 Å². The van der Waals surface area contributed by atoms with Gasteiger partial charge in [-0.2, -0.15) is 13.2 Å². The summed E-state index contributed by atoms with van der Waals surface area (Å²) in [5.74, 6) is 0.707. The van der Waals surface area contributed by atoms with Crippen molar-refractivity contribution in [3.63, 3.8) is 0 Å². The molecular weight excluding hydrogens is 257 g/mol. The number of aliphatic hydroxyl groups is 1. The smallest absolute Gasteiger partial charge is 0.416 e. The Labute approximate surface area is 108 Å². The topological polar surface area (TPSA) is 29.5 Å². The van der Waals surface area contributed by atoms with Crippen LogP contribution in [-0.2, 0) is 12.8 Å². The van der Waals surface area contributed by atoms with Gasteiger partial charge in [0.15, 0.2) is 0 Å². The van der Waals surface area contributed by atoms with Crippen molar-refractivity contribution in [3.05, 3.63) is 59.7 Å². The first-order valence-corrected chi connectivity index (χ1v) is 5.54. The van der Waals surface area contributed by atoms with Crippen molar-refractivity contribution in [3.8, 4) is 11.5 Å². The Hall–Kier alpha value is -2.01. The standard InChI is InChI=1S/C14H11F3O2/c15-14(16,17)11-5-7-12(8-6-11)19-13-4-2-1-3-10(13)9-18/h1-8,18H,9H2. The van der Waals surface area contributed by atoms with E-state index >= 15 is 0 Å². The zero-order chi connectivity index (χ0) is 13.9. The van der Waals surface area contributed by atoms with Crippen LogP contribution in [-0.4, -0.2) is 5.11 Å². The summed E-state index contributed by atoms with van der Waals surface area (Å²) in [6, 6.07) is 11.2. The molecule has 0 fully saturated rings. The zero-order valence-corrected chi connectivity index (χ0v) is 9.82. The number of alkyl halides is 3. The third kappa shape index (κ3) is 3.26. The first-order valence-electron chi connectivity index (χ1n) is 5.54. The maximum atomic E-state index is 12.4. The fraction of sp³-hybridized carbons (Fsp3) is 0.143. The van der Waals surface area contributed by atoms with Gasteiger partial charge >= 0.3 is 6.18 Å². The highest BCUT2D eigenvalue weighted by atomic mass is 19.4. The van der Waals surface area contributed by atoms with E-state index in [1.807, 2.05) is 0 Å².